The van der Waals surface area contributed by atoms with Crippen LogP contribution in [0.1, 0.15) is 22.5 Å². The fourth-order valence-corrected chi connectivity index (χ4v) is 1.98. The number of hydrogen-bond acceptors (Lipinski definition) is 4. The van der Waals surface area contributed by atoms with Crippen molar-refractivity contribution in [2.24, 2.45) is 5.73 Å². The molecular weight excluding hydrogens is 250 g/mol. The molecule has 2 rings (SSSR count). The quantitative estimate of drug-likeness (QED) is 0.657. The Balaban J connectivity index is 2.27. The molecule has 2 aromatic rings. The number of hydrogen-bond donors (Lipinski definition) is 2. The third-order valence-electron chi connectivity index (χ3n) is 3.13. The lowest BCUT2D eigenvalue weighted by atomic mass is 10.1. The monoisotopic (exact) mass is 269 g/mol. The van der Waals surface area contributed by atoms with Crippen molar-refractivity contribution in [2.45, 2.75) is 20.4 Å². The standard InChI is InChI=1S/C15H19N5/c1-10-6-4-5-7-12(10)9-20(3)15-18-11(2)8-13(19-15)14(16)17/h4-8H,9H2,1-3H3,(H3,16,17). The number of rotatable bonds is 4. The van der Waals surface area contributed by atoms with Crippen molar-refractivity contribution in [1.82, 2.24) is 9.97 Å². The number of nitrogen functional groups attached to an aromatic ring is 1. The van der Waals surface area contributed by atoms with Crippen LogP contribution >= 0.6 is 0 Å². The summed E-state index contributed by atoms with van der Waals surface area (Å²) in [5.41, 5.74) is 9.23. The van der Waals surface area contributed by atoms with Gasteiger partial charge in [-0.15, -0.1) is 0 Å². The van der Waals surface area contributed by atoms with Gasteiger partial charge in [0.1, 0.15) is 11.5 Å². The molecule has 0 saturated carbocycles. The average molecular weight is 269 g/mol. The molecule has 0 amide bonds. The molecular formula is C15H19N5. The predicted octanol–water partition coefficient (Wildman–Crippen LogP) is 2.01. The summed E-state index contributed by atoms with van der Waals surface area (Å²) in [6.45, 7) is 4.67. The number of benzene rings is 1. The Bertz CT molecular complexity index is 636. The van der Waals surface area contributed by atoms with Crippen LogP contribution in [0, 0.1) is 19.3 Å². The van der Waals surface area contributed by atoms with Gasteiger partial charge in [-0.05, 0) is 31.0 Å². The number of nitrogens with zero attached hydrogens (tertiary/aromatic N) is 3. The Morgan fingerprint density at radius 3 is 2.60 bits per heavy atom. The van der Waals surface area contributed by atoms with Crippen molar-refractivity contribution in [3.8, 4) is 0 Å². The maximum absolute atomic E-state index is 7.49. The third-order valence-corrected chi connectivity index (χ3v) is 3.13. The molecule has 0 radical (unpaired) electrons. The van der Waals surface area contributed by atoms with Gasteiger partial charge in [-0.2, -0.15) is 0 Å². The lowest BCUT2D eigenvalue weighted by Crippen LogP contribution is -2.22. The molecule has 5 heteroatoms. The summed E-state index contributed by atoms with van der Waals surface area (Å²) < 4.78 is 0. The van der Waals surface area contributed by atoms with Gasteiger partial charge in [0.2, 0.25) is 5.95 Å². The Morgan fingerprint density at radius 2 is 1.95 bits per heavy atom. The second kappa shape index (κ2) is 5.69. The molecule has 1 heterocycles. The van der Waals surface area contributed by atoms with Crippen LogP contribution in [0.5, 0.6) is 0 Å². The van der Waals surface area contributed by atoms with Crippen molar-refractivity contribution >= 4 is 11.8 Å². The van der Waals surface area contributed by atoms with E-state index in [-0.39, 0.29) is 5.84 Å². The van der Waals surface area contributed by atoms with E-state index < -0.39 is 0 Å². The van der Waals surface area contributed by atoms with Gasteiger partial charge in [0.25, 0.3) is 0 Å². The molecule has 0 aliphatic heterocycles. The Labute approximate surface area is 119 Å². The first-order chi connectivity index (χ1) is 9.47. The number of nitrogens with two attached hydrogens (primary N) is 1. The minimum Gasteiger partial charge on any atom is -0.382 e. The van der Waals surface area contributed by atoms with Crippen LogP contribution in [0.2, 0.25) is 0 Å². The lowest BCUT2D eigenvalue weighted by Gasteiger charge is -2.19. The van der Waals surface area contributed by atoms with Gasteiger partial charge in [-0.1, -0.05) is 24.3 Å². The number of aryl methyl sites for hydroxylation is 2. The normalized spacial score (nSPS) is 10.3. The summed E-state index contributed by atoms with van der Waals surface area (Å²) in [7, 11) is 1.94. The molecule has 0 unspecified atom stereocenters. The van der Waals surface area contributed by atoms with Gasteiger partial charge in [0, 0.05) is 19.3 Å². The Morgan fingerprint density at radius 1 is 1.25 bits per heavy atom. The molecule has 0 saturated heterocycles. The molecule has 0 atom stereocenters. The summed E-state index contributed by atoms with van der Waals surface area (Å²) in [6.07, 6.45) is 0. The maximum Gasteiger partial charge on any atom is 0.226 e. The van der Waals surface area contributed by atoms with Crippen molar-refractivity contribution in [3.05, 3.63) is 52.8 Å². The van der Waals surface area contributed by atoms with Gasteiger partial charge in [-0.25, -0.2) is 9.97 Å². The van der Waals surface area contributed by atoms with Crippen molar-refractivity contribution in [2.75, 3.05) is 11.9 Å². The first kappa shape index (κ1) is 14.0. The fourth-order valence-electron chi connectivity index (χ4n) is 1.98. The van der Waals surface area contributed by atoms with E-state index in [0.29, 0.717) is 18.2 Å². The smallest absolute Gasteiger partial charge is 0.226 e. The van der Waals surface area contributed by atoms with E-state index >= 15 is 0 Å². The molecule has 0 aliphatic carbocycles. The van der Waals surface area contributed by atoms with Crippen molar-refractivity contribution < 1.29 is 0 Å². The number of anilines is 1. The number of aromatic nitrogens is 2. The maximum atomic E-state index is 7.49. The van der Waals surface area contributed by atoms with E-state index in [1.165, 1.54) is 11.1 Å². The van der Waals surface area contributed by atoms with Crippen LogP contribution in [0.25, 0.3) is 0 Å². The summed E-state index contributed by atoms with van der Waals surface area (Å²) in [5, 5.41) is 7.49. The summed E-state index contributed by atoms with van der Waals surface area (Å²) >= 11 is 0. The zero-order chi connectivity index (χ0) is 14.7. The molecule has 5 nitrogen and oxygen atoms in total. The Kier molecular flexibility index (Phi) is 3.98. The van der Waals surface area contributed by atoms with Crippen LogP contribution < -0.4 is 10.6 Å². The van der Waals surface area contributed by atoms with E-state index in [2.05, 4.69) is 29.0 Å². The van der Waals surface area contributed by atoms with Crippen LogP contribution in [0.15, 0.2) is 30.3 Å². The van der Waals surface area contributed by atoms with E-state index in [1.54, 1.807) is 6.07 Å². The van der Waals surface area contributed by atoms with Crippen LogP contribution in [0.3, 0.4) is 0 Å². The fraction of sp³-hybridized carbons (Fsp3) is 0.267. The van der Waals surface area contributed by atoms with E-state index in [9.17, 15) is 0 Å². The molecule has 3 N–H and O–H groups in total. The van der Waals surface area contributed by atoms with Crippen molar-refractivity contribution in [1.29, 1.82) is 5.41 Å². The van der Waals surface area contributed by atoms with Crippen LogP contribution in [0.4, 0.5) is 5.95 Å². The SMILES string of the molecule is Cc1cc(C(=N)N)nc(N(C)Cc2ccccc2C)n1. The van der Waals surface area contributed by atoms with Gasteiger partial charge in [0.15, 0.2) is 0 Å². The minimum atomic E-state index is -0.0407. The summed E-state index contributed by atoms with van der Waals surface area (Å²) in [6, 6.07) is 9.94. The molecule has 1 aromatic heterocycles. The highest BCUT2D eigenvalue weighted by Crippen LogP contribution is 2.14. The molecule has 0 spiro atoms. The lowest BCUT2D eigenvalue weighted by molar-refractivity contribution is 0.852. The minimum absolute atomic E-state index is 0.0407. The van der Waals surface area contributed by atoms with Gasteiger partial charge in [0.05, 0.1) is 0 Å². The van der Waals surface area contributed by atoms with Gasteiger partial charge >= 0.3 is 0 Å². The van der Waals surface area contributed by atoms with Crippen molar-refractivity contribution in [3.63, 3.8) is 0 Å². The first-order valence-electron chi connectivity index (χ1n) is 6.43. The molecule has 0 bridgehead atoms. The van der Waals surface area contributed by atoms with E-state index in [4.69, 9.17) is 11.1 Å². The topological polar surface area (TPSA) is 78.9 Å². The zero-order valence-electron chi connectivity index (χ0n) is 12.0. The van der Waals surface area contributed by atoms with Crippen LogP contribution in [-0.2, 0) is 6.54 Å². The van der Waals surface area contributed by atoms with Gasteiger partial charge < -0.3 is 10.6 Å². The summed E-state index contributed by atoms with van der Waals surface area (Å²) in [5.74, 6) is 0.541. The average Bonchev–Trinajstić information content (AvgIpc) is 2.40. The molecule has 1 aromatic carbocycles. The Hall–Kier alpha value is -2.43. The highest BCUT2D eigenvalue weighted by atomic mass is 15.2. The number of amidine groups is 1. The van der Waals surface area contributed by atoms with E-state index in [0.717, 1.165) is 5.69 Å². The zero-order valence-corrected chi connectivity index (χ0v) is 12.0. The molecule has 20 heavy (non-hydrogen) atoms. The third kappa shape index (κ3) is 3.12. The van der Waals surface area contributed by atoms with Crippen LogP contribution in [-0.4, -0.2) is 22.9 Å². The molecule has 0 aliphatic rings. The van der Waals surface area contributed by atoms with E-state index in [1.807, 2.05) is 31.0 Å². The molecule has 0 fully saturated rings. The summed E-state index contributed by atoms with van der Waals surface area (Å²) in [4.78, 5) is 10.7. The first-order valence-corrected chi connectivity index (χ1v) is 6.43. The highest BCUT2D eigenvalue weighted by Gasteiger charge is 2.10. The largest absolute Gasteiger partial charge is 0.382 e. The second-order valence-electron chi connectivity index (χ2n) is 4.89. The highest BCUT2D eigenvalue weighted by molar-refractivity contribution is 5.93. The molecule has 104 valence electrons. The number of nitrogens with one attached hydrogen (secondary N) is 1. The second-order valence-corrected chi connectivity index (χ2v) is 4.89. The predicted molar refractivity (Wildman–Crippen MR) is 81.1 cm³/mol. The van der Waals surface area contributed by atoms with Gasteiger partial charge in [-0.3, -0.25) is 5.41 Å².